The highest BCUT2D eigenvalue weighted by molar-refractivity contribution is 7.98. The molecule has 1 heterocycles. The molecule has 2 aromatic rings. The second-order valence-corrected chi connectivity index (χ2v) is 4.58. The molecule has 0 spiro atoms. The summed E-state index contributed by atoms with van der Waals surface area (Å²) >= 11 is 7.35. The van der Waals surface area contributed by atoms with Crippen molar-refractivity contribution in [3.05, 3.63) is 41.2 Å². The van der Waals surface area contributed by atoms with Crippen LogP contribution in [0.3, 0.4) is 0 Å². The zero-order valence-corrected chi connectivity index (χ0v) is 11.0. The molecule has 92 valence electrons. The lowest BCUT2D eigenvalue weighted by molar-refractivity contribution is 0.0690. The lowest BCUT2D eigenvalue weighted by atomic mass is 10.1. The van der Waals surface area contributed by atoms with Gasteiger partial charge in [-0.25, -0.2) is 14.8 Å². The van der Waals surface area contributed by atoms with Gasteiger partial charge in [0.25, 0.3) is 0 Å². The van der Waals surface area contributed by atoms with Crippen molar-refractivity contribution in [2.45, 2.75) is 5.16 Å². The fourth-order valence-electron chi connectivity index (χ4n) is 1.50. The van der Waals surface area contributed by atoms with Crippen LogP contribution in [0.5, 0.6) is 0 Å². The Morgan fingerprint density at radius 2 is 2.06 bits per heavy atom. The van der Waals surface area contributed by atoms with Gasteiger partial charge in [-0.3, -0.25) is 0 Å². The van der Waals surface area contributed by atoms with Gasteiger partial charge in [-0.15, -0.1) is 0 Å². The van der Waals surface area contributed by atoms with Gasteiger partial charge < -0.3 is 5.11 Å². The molecule has 1 aromatic heterocycles. The Hall–Kier alpha value is -1.59. The van der Waals surface area contributed by atoms with Crippen molar-refractivity contribution in [1.29, 1.82) is 0 Å². The average Bonchev–Trinajstić information content (AvgIpc) is 2.38. The second-order valence-electron chi connectivity index (χ2n) is 3.40. The second kappa shape index (κ2) is 5.37. The number of nitrogens with zero attached hydrogens (tertiary/aromatic N) is 2. The number of aromatic carboxylic acids is 1. The Morgan fingerprint density at radius 1 is 1.33 bits per heavy atom. The van der Waals surface area contributed by atoms with E-state index in [0.29, 0.717) is 21.3 Å². The summed E-state index contributed by atoms with van der Waals surface area (Å²) < 4.78 is 0. The normalized spacial score (nSPS) is 10.3. The Bertz CT molecular complexity index is 604. The van der Waals surface area contributed by atoms with Crippen molar-refractivity contribution >= 4 is 29.3 Å². The molecule has 1 N–H and O–H groups in total. The molecular weight excluding hydrogens is 272 g/mol. The molecule has 0 saturated heterocycles. The Balaban J connectivity index is 2.64. The number of carbonyl (C=O) groups is 1. The number of hydrogen-bond acceptors (Lipinski definition) is 4. The molecule has 0 aliphatic heterocycles. The van der Waals surface area contributed by atoms with E-state index in [0.717, 1.165) is 0 Å². The number of hydrogen-bond donors (Lipinski definition) is 1. The van der Waals surface area contributed by atoms with Crippen LogP contribution in [-0.2, 0) is 0 Å². The maximum absolute atomic E-state index is 11.2. The Labute approximate surface area is 113 Å². The summed E-state index contributed by atoms with van der Waals surface area (Å²) in [4.78, 5) is 19.3. The van der Waals surface area contributed by atoms with Gasteiger partial charge in [-0.05, 0) is 12.3 Å². The first-order valence-electron chi connectivity index (χ1n) is 5.02. The van der Waals surface area contributed by atoms with Gasteiger partial charge >= 0.3 is 5.97 Å². The molecule has 0 radical (unpaired) electrons. The van der Waals surface area contributed by atoms with Crippen LogP contribution in [0.4, 0.5) is 0 Å². The summed E-state index contributed by atoms with van der Waals surface area (Å²) in [6.45, 7) is 0. The number of halogens is 1. The van der Waals surface area contributed by atoms with Gasteiger partial charge in [-0.1, -0.05) is 41.6 Å². The monoisotopic (exact) mass is 280 g/mol. The molecule has 0 unspecified atom stereocenters. The predicted molar refractivity (Wildman–Crippen MR) is 71.2 cm³/mol. The van der Waals surface area contributed by atoms with Crippen molar-refractivity contribution in [2.75, 3.05) is 6.26 Å². The van der Waals surface area contributed by atoms with Gasteiger partial charge in [-0.2, -0.15) is 0 Å². The molecule has 0 saturated carbocycles. The van der Waals surface area contributed by atoms with E-state index in [2.05, 4.69) is 9.97 Å². The molecule has 0 bridgehead atoms. The third-order valence-corrected chi connectivity index (χ3v) is 3.21. The van der Waals surface area contributed by atoms with Crippen LogP contribution < -0.4 is 0 Å². The first kappa shape index (κ1) is 12.9. The average molecular weight is 281 g/mol. The SMILES string of the molecule is CSc1ncc(-c2ccccc2Cl)c(C(=O)O)n1. The van der Waals surface area contributed by atoms with Crippen LogP contribution in [0.15, 0.2) is 35.6 Å². The maximum atomic E-state index is 11.2. The zero-order chi connectivity index (χ0) is 13.1. The van der Waals surface area contributed by atoms with Crippen LogP contribution in [0.2, 0.25) is 5.02 Å². The number of carboxylic acids is 1. The van der Waals surface area contributed by atoms with Crippen LogP contribution >= 0.6 is 23.4 Å². The number of carboxylic acid groups (broad SMARTS) is 1. The highest BCUT2D eigenvalue weighted by atomic mass is 35.5. The maximum Gasteiger partial charge on any atom is 0.355 e. The fourth-order valence-corrected chi connectivity index (χ4v) is 2.08. The number of thioether (sulfide) groups is 1. The largest absolute Gasteiger partial charge is 0.476 e. The summed E-state index contributed by atoms with van der Waals surface area (Å²) in [5, 5.41) is 10.1. The minimum atomic E-state index is -1.09. The number of aromatic nitrogens is 2. The van der Waals surface area contributed by atoms with E-state index >= 15 is 0 Å². The number of rotatable bonds is 3. The summed E-state index contributed by atoms with van der Waals surface area (Å²) in [6.07, 6.45) is 3.28. The third kappa shape index (κ3) is 2.47. The van der Waals surface area contributed by atoms with Crippen molar-refractivity contribution in [2.24, 2.45) is 0 Å². The molecule has 0 amide bonds. The molecule has 0 aliphatic carbocycles. The van der Waals surface area contributed by atoms with Crippen molar-refractivity contribution in [3.8, 4) is 11.1 Å². The zero-order valence-electron chi connectivity index (χ0n) is 9.42. The lowest BCUT2D eigenvalue weighted by Gasteiger charge is -2.07. The van der Waals surface area contributed by atoms with Gasteiger partial charge in [0.2, 0.25) is 0 Å². The molecule has 0 fully saturated rings. The Kier molecular flexibility index (Phi) is 3.84. The van der Waals surface area contributed by atoms with E-state index < -0.39 is 5.97 Å². The van der Waals surface area contributed by atoms with E-state index in [4.69, 9.17) is 11.6 Å². The van der Waals surface area contributed by atoms with Crippen LogP contribution in [0, 0.1) is 0 Å². The molecular formula is C12H9ClN2O2S. The van der Waals surface area contributed by atoms with E-state index in [9.17, 15) is 9.90 Å². The summed E-state index contributed by atoms with van der Waals surface area (Å²) in [5.74, 6) is -1.09. The molecule has 2 rings (SSSR count). The molecule has 1 aromatic carbocycles. The molecule has 0 atom stereocenters. The molecule has 6 heteroatoms. The quantitative estimate of drug-likeness (QED) is 0.691. The van der Waals surface area contributed by atoms with Gasteiger partial charge in [0.15, 0.2) is 10.9 Å². The van der Waals surface area contributed by atoms with Crippen molar-refractivity contribution in [1.82, 2.24) is 9.97 Å². The summed E-state index contributed by atoms with van der Waals surface area (Å²) in [6, 6.07) is 7.01. The van der Waals surface area contributed by atoms with Crippen molar-refractivity contribution < 1.29 is 9.90 Å². The van der Waals surface area contributed by atoms with E-state index in [-0.39, 0.29) is 5.69 Å². The molecule has 18 heavy (non-hydrogen) atoms. The van der Waals surface area contributed by atoms with Gasteiger partial charge in [0.1, 0.15) is 0 Å². The van der Waals surface area contributed by atoms with Crippen LogP contribution in [0.1, 0.15) is 10.5 Å². The first-order chi connectivity index (χ1) is 8.63. The van der Waals surface area contributed by atoms with E-state index in [1.54, 1.807) is 30.5 Å². The van der Waals surface area contributed by atoms with Gasteiger partial charge in [0.05, 0.1) is 0 Å². The van der Waals surface area contributed by atoms with E-state index in [1.807, 2.05) is 0 Å². The van der Waals surface area contributed by atoms with Gasteiger partial charge in [0, 0.05) is 22.3 Å². The minimum Gasteiger partial charge on any atom is -0.476 e. The standard InChI is InChI=1S/C12H9ClN2O2S/c1-18-12-14-6-8(10(15-12)11(16)17)7-4-2-3-5-9(7)13/h2-6H,1H3,(H,16,17). The summed E-state index contributed by atoms with van der Waals surface area (Å²) in [5.41, 5.74) is 0.998. The fraction of sp³-hybridized carbons (Fsp3) is 0.0833. The highest BCUT2D eigenvalue weighted by Crippen LogP contribution is 2.29. The third-order valence-electron chi connectivity index (χ3n) is 2.32. The minimum absolute atomic E-state index is 0.0394. The molecule has 4 nitrogen and oxygen atoms in total. The highest BCUT2D eigenvalue weighted by Gasteiger charge is 2.17. The molecule has 0 aliphatic rings. The van der Waals surface area contributed by atoms with Crippen LogP contribution in [-0.4, -0.2) is 27.3 Å². The predicted octanol–water partition coefficient (Wildman–Crippen LogP) is 3.22. The lowest BCUT2D eigenvalue weighted by Crippen LogP contribution is -2.05. The topological polar surface area (TPSA) is 63.1 Å². The van der Waals surface area contributed by atoms with Crippen molar-refractivity contribution in [3.63, 3.8) is 0 Å². The van der Waals surface area contributed by atoms with E-state index in [1.165, 1.54) is 18.0 Å². The summed E-state index contributed by atoms with van der Waals surface area (Å²) in [7, 11) is 0. The first-order valence-corrected chi connectivity index (χ1v) is 6.63. The Morgan fingerprint density at radius 3 is 2.67 bits per heavy atom. The number of benzene rings is 1. The smallest absolute Gasteiger partial charge is 0.355 e. The van der Waals surface area contributed by atoms with Crippen LogP contribution in [0.25, 0.3) is 11.1 Å².